The molecule has 0 radical (unpaired) electrons. The van der Waals surface area contributed by atoms with Crippen LogP contribution in [0, 0.1) is 0 Å². The third-order valence-corrected chi connectivity index (χ3v) is 5.09. The fourth-order valence-electron chi connectivity index (χ4n) is 4.06. The fourth-order valence-corrected chi connectivity index (χ4v) is 4.06. The predicted octanol–water partition coefficient (Wildman–Crippen LogP) is 2.36. The number of morpholine rings is 1. The van der Waals surface area contributed by atoms with Crippen LogP contribution in [0.15, 0.2) is 57.7 Å². The quantitative estimate of drug-likeness (QED) is 0.699. The minimum atomic E-state index is -0.365. The number of fused-ring (bicyclic) bond motifs is 1. The van der Waals surface area contributed by atoms with Gasteiger partial charge >= 0.3 is 5.63 Å². The van der Waals surface area contributed by atoms with Gasteiger partial charge in [-0.05, 0) is 31.5 Å². The molecule has 4 rings (SSSR count). The van der Waals surface area contributed by atoms with Crippen LogP contribution in [-0.2, 0) is 11.3 Å². The number of quaternary nitrogens is 1. The zero-order valence-corrected chi connectivity index (χ0v) is 15.6. The minimum Gasteiger partial charge on any atom is -0.507 e. The summed E-state index contributed by atoms with van der Waals surface area (Å²) in [5.41, 5.74) is 2.57. The zero-order valence-electron chi connectivity index (χ0n) is 15.6. The highest BCUT2D eigenvalue weighted by molar-refractivity contribution is 5.88. The Balaban J connectivity index is 1.76. The average molecular weight is 366 g/mol. The number of phenols is 1. The smallest absolute Gasteiger partial charge is 0.336 e. The predicted molar refractivity (Wildman–Crippen MR) is 104 cm³/mol. The minimum absolute atomic E-state index is 0.183. The van der Waals surface area contributed by atoms with Crippen LogP contribution in [0.25, 0.3) is 22.1 Å². The van der Waals surface area contributed by atoms with Gasteiger partial charge in [0.1, 0.15) is 43.2 Å². The second kappa shape index (κ2) is 7.18. The molecule has 2 atom stereocenters. The van der Waals surface area contributed by atoms with Gasteiger partial charge in [0.15, 0.2) is 0 Å². The Morgan fingerprint density at radius 3 is 2.48 bits per heavy atom. The van der Waals surface area contributed by atoms with Gasteiger partial charge in [-0.3, -0.25) is 0 Å². The molecule has 1 fully saturated rings. The summed E-state index contributed by atoms with van der Waals surface area (Å²) < 4.78 is 11.3. The van der Waals surface area contributed by atoms with E-state index in [1.165, 1.54) is 4.90 Å². The van der Waals surface area contributed by atoms with Crippen molar-refractivity contribution in [3.8, 4) is 16.9 Å². The first kappa shape index (κ1) is 17.8. The zero-order chi connectivity index (χ0) is 19.0. The molecule has 1 aliphatic rings. The van der Waals surface area contributed by atoms with Gasteiger partial charge in [-0.25, -0.2) is 4.79 Å². The number of ether oxygens (including phenoxy) is 1. The Morgan fingerprint density at radius 2 is 1.78 bits per heavy atom. The number of hydrogen-bond acceptors (Lipinski definition) is 4. The van der Waals surface area contributed by atoms with Crippen LogP contribution in [0.2, 0.25) is 0 Å². The van der Waals surface area contributed by atoms with Crippen LogP contribution < -0.4 is 10.5 Å². The summed E-state index contributed by atoms with van der Waals surface area (Å²) in [6.07, 6.45) is 0.376. The van der Waals surface area contributed by atoms with E-state index >= 15 is 0 Å². The van der Waals surface area contributed by atoms with Gasteiger partial charge in [0.2, 0.25) is 0 Å². The molecule has 1 aliphatic heterocycles. The van der Waals surface area contributed by atoms with Crippen LogP contribution in [0.5, 0.6) is 5.75 Å². The second-order valence-corrected chi connectivity index (χ2v) is 7.41. The summed E-state index contributed by atoms with van der Waals surface area (Å²) in [5, 5.41) is 11.4. The Hall–Kier alpha value is -2.63. The van der Waals surface area contributed by atoms with Crippen molar-refractivity contribution in [3.05, 3.63) is 64.5 Å². The van der Waals surface area contributed by atoms with E-state index in [0.29, 0.717) is 17.7 Å². The molecule has 1 aromatic heterocycles. The molecule has 5 nitrogen and oxygen atoms in total. The maximum Gasteiger partial charge on any atom is 0.336 e. The molecular formula is C22H24NO4+. The Morgan fingerprint density at radius 1 is 1.07 bits per heavy atom. The van der Waals surface area contributed by atoms with Crippen LogP contribution in [0.1, 0.15) is 19.4 Å². The number of rotatable bonds is 3. The molecule has 0 spiro atoms. The van der Waals surface area contributed by atoms with Gasteiger partial charge in [-0.2, -0.15) is 0 Å². The van der Waals surface area contributed by atoms with Crippen molar-refractivity contribution in [2.45, 2.75) is 32.6 Å². The van der Waals surface area contributed by atoms with Crippen LogP contribution >= 0.6 is 0 Å². The lowest BCUT2D eigenvalue weighted by molar-refractivity contribution is -0.928. The standard InChI is InChI=1S/C22H23NO4/c1-14-11-23(12-15(2)26-14)13-17-8-22(25)27-21-10-18(20(24)9-19(17)21)16-6-4-3-5-7-16/h3-10,14-15,24H,11-13H2,1-2H3/p+1/t14-,15-/m1/s1. The summed E-state index contributed by atoms with van der Waals surface area (Å²) >= 11 is 0. The van der Waals surface area contributed by atoms with Crippen molar-refractivity contribution in [1.82, 2.24) is 0 Å². The molecule has 2 aromatic carbocycles. The summed E-state index contributed by atoms with van der Waals surface area (Å²) in [4.78, 5) is 13.5. The Bertz CT molecular complexity index is 1000. The molecule has 0 aliphatic carbocycles. The van der Waals surface area contributed by atoms with Gasteiger partial charge in [-0.1, -0.05) is 30.3 Å². The molecule has 0 amide bonds. The lowest BCUT2D eigenvalue weighted by Gasteiger charge is -2.32. The molecule has 0 unspecified atom stereocenters. The first-order chi connectivity index (χ1) is 13.0. The third-order valence-electron chi connectivity index (χ3n) is 5.09. The van der Waals surface area contributed by atoms with Crippen molar-refractivity contribution in [3.63, 3.8) is 0 Å². The Kier molecular flexibility index (Phi) is 4.72. The van der Waals surface area contributed by atoms with Crippen molar-refractivity contribution in [2.24, 2.45) is 0 Å². The highest BCUT2D eigenvalue weighted by Crippen LogP contribution is 2.33. The molecule has 5 heteroatoms. The molecule has 27 heavy (non-hydrogen) atoms. The molecule has 0 bridgehead atoms. The summed E-state index contributed by atoms with van der Waals surface area (Å²) in [5.74, 6) is 0.183. The summed E-state index contributed by atoms with van der Waals surface area (Å²) in [6, 6.07) is 14.6. The normalized spacial score (nSPS) is 22.8. The Labute approximate surface area is 157 Å². The lowest BCUT2D eigenvalue weighted by Crippen LogP contribution is -3.14. The van der Waals surface area contributed by atoms with E-state index in [1.54, 1.807) is 18.2 Å². The van der Waals surface area contributed by atoms with Crippen LogP contribution in [0.3, 0.4) is 0 Å². The topological polar surface area (TPSA) is 64.1 Å². The monoisotopic (exact) mass is 366 g/mol. The van der Waals surface area contributed by atoms with Crippen LogP contribution in [0.4, 0.5) is 0 Å². The number of benzene rings is 2. The van der Waals surface area contributed by atoms with Crippen molar-refractivity contribution < 1.29 is 19.2 Å². The maximum atomic E-state index is 12.1. The largest absolute Gasteiger partial charge is 0.507 e. The number of nitrogens with one attached hydrogen (secondary N) is 1. The third kappa shape index (κ3) is 3.75. The summed E-state index contributed by atoms with van der Waals surface area (Å²) in [6.45, 7) is 6.63. The lowest BCUT2D eigenvalue weighted by atomic mass is 10.0. The molecule has 2 N–H and O–H groups in total. The number of hydrogen-bond donors (Lipinski definition) is 2. The average Bonchev–Trinajstić information content (AvgIpc) is 2.62. The van der Waals surface area contributed by atoms with Crippen molar-refractivity contribution in [2.75, 3.05) is 13.1 Å². The van der Waals surface area contributed by atoms with E-state index < -0.39 is 0 Å². The van der Waals surface area contributed by atoms with Crippen molar-refractivity contribution in [1.29, 1.82) is 0 Å². The van der Waals surface area contributed by atoms with E-state index in [2.05, 4.69) is 13.8 Å². The SMILES string of the molecule is C[C@@H]1C[NH+](Cc2cc(=O)oc3cc(-c4ccccc4)c(O)cc23)C[C@@H](C)O1. The van der Waals surface area contributed by atoms with Gasteiger partial charge in [0.05, 0.1) is 0 Å². The highest BCUT2D eigenvalue weighted by atomic mass is 16.5. The molecule has 3 aromatic rings. The first-order valence-electron chi connectivity index (χ1n) is 9.34. The molecule has 0 saturated carbocycles. The first-order valence-corrected chi connectivity index (χ1v) is 9.34. The maximum absolute atomic E-state index is 12.1. The second-order valence-electron chi connectivity index (χ2n) is 7.41. The molecule has 1 saturated heterocycles. The molecule has 140 valence electrons. The number of phenolic OH excluding ortho intramolecular Hbond substituents is 1. The van der Waals surface area contributed by atoms with E-state index in [0.717, 1.165) is 29.6 Å². The van der Waals surface area contributed by atoms with E-state index in [4.69, 9.17) is 9.15 Å². The van der Waals surface area contributed by atoms with E-state index in [1.807, 2.05) is 30.3 Å². The van der Waals surface area contributed by atoms with E-state index in [-0.39, 0.29) is 23.6 Å². The van der Waals surface area contributed by atoms with Gasteiger partial charge in [-0.15, -0.1) is 0 Å². The van der Waals surface area contributed by atoms with Crippen LogP contribution in [-0.4, -0.2) is 30.4 Å². The van der Waals surface area contributed by atoms with Crippen molar-refractivity contribution >= 4 is 11.0 Å². The summed E-state index contributed by atoms with van der Waals surface area (Å²) in [7, 11) is 0. The van der Waals surface area contributed by atoms with Gasteiger partial charge in [0, 0.05) is 22.6 Å². The molecule has 2 heterocycles. The molecular weight excluding hydrogens is 342 g/mol. The van der Waals surface area contributed by atoms with Gasteiger partial charge < -0.3 is 19.2 Å². The number of aromatic hydroxyl groups is 1. The van der Waals surface area contributed by atoms with E-state index in [9.17, 15) is 9.90 Å². The fraction of sp³-hybridized carbons (Fsp3) is 0.318. The highest BCUT2D eigenvalue weighted by Gasteiger charge is 2.26. The van der Waals surface area contributed by atoms with Gasteiger partial charge in [0.25, 0.3) is 0 Å².